The zero-order valence-electron chi connectivity index (χ0n) is 23.3. The summed E-state index contributed by atoms with van der Waals surface area (Å²) < 4.78 is 12.3. The van der Waals surface area contributed by atoms with Gasteiger partial charge in [0.15, 0.2) is 0 Å². The lowest BCUT2D eigenvalue weighted by Gasteiger charge is -2.40. The lowest BCUT2D eigenvalue weighted by Crippen LogP contribution is -2.59. The van der Waals surface area contributed by atoms with E-state index in [1.54, 1.807) is 22.0 Å². The average Bonchev–Trinajstić information content (AvgIpc) is 3.36. The maximum atomic E-state index is 14.3. The first-order chi connectivity index (χ1) is 17.5. The Morgan fingerprint density at radius 1 is 1.32 bits per heavy atom. The number of carbonyl (C=O) groups is 3. The van der Waals surface area contributed by atoms with Gasteiger partial charge in [-0.3, -0.25) is 14.4 Å². The number of hydrogen-bond acceptors (Lipinski definition) is 6. The van der Waals surface area contributed by atoms with E-state index in [1.165, 1.54) is 0 Å². The maximum Gasteiger partial charge on any atom is 0.312 e. The van der Waals surface area contributed by atoms with Crippen LogP contribution in [0, 0.1) is 23.7 Å². The number of unbranched alkanes of at least 4 members (excludes halogenated alkanes) is 1. The van der Waals surface area contributed by atoms with Crippen LogP contribution in [0.5, 0.6) is 0 Å². The summed E-state index contributed by atoms with van der Waals surface area (Å²) in [7, 11) is 0. The van der Waals surface area contributed by atoms with Crippen molar-refractivity contribution in [3.63, 3.8) is 0 Å². The van der Waals surface area contributed by atoms with E-state index < -0.39 is 41.1 Å². The summed E-state index contributed by atoms with van der Waals surface area (Å²) in [4.78, 5) is 45.4. The zero-order valence-corrected chi connectivity index (χ0v) is 23.3. The van der Waals surface area contributed by atoms with Crippen LogP contribution < -0.4 is 0 Å². The number of hydrogen-bond donors (Lipinski definition) is 1. The highest BCUT2D eigenvalue weighted by atomic mass is 16.6. The van der Waals surface area contributed by atoms with Crippen LogP contribution in [0.25, 0.3) is 0 Å². The molecule has 1 spiro atoms. The van der Waals surface area contributed by atoms with Crippen molar-refractivity contribution in [2.45, 2.75) is 90.0 Å². The van der Waals surface area contributed by atoms with E-state index in [0.717, 1.165) is 12.8 Å². The minimum atomic E-state index is -1.15. The van der Waals surface area contributed by atoms with Crippen molar-refractivity contribution >= 4 is 17.8 Å². The van der Waals surface area contributed by atoms with Gasteiger partial charge < -0.3 is 24.4 Å². The highest BCUT2D eigenvalue weighted by Gasteiger charge is 2.80. The molecule has 3 rings (SSSR count). The van der Waals surface area contributed by atoms with Crippen LogP contribution in [0.3, 0.4) is 0 Å². The third-order valence-electron chi connectivity index (χ3n) is 8.60. The molecule has 1 N–H and O–H groups in total. The van der Waals surface area contributed by atoms with E-state index in [2.05, 4.69) is 20.1 Å². The molecule has 0 aliphatic carbocycles. The zero-order chi connectivity index (χ0) is 27.5. The minimum absolute atomic E-state index is 0.0649. The Hall–Kier alpha value is -2.19. The highest BCUT2D eigenvalue weighted by molar-refractivity contribution is 5.98. The Kier molecular flexibility index (Phi) is 9.27. The monoisotopic (exact) mass is 518 g/mol. The predicted octanol–water partition coefficient (Wildman–Crippen LogP) is 3.34. The number of rotatable bonds is 14. The minimum Gasteiger partial charge on any atom is -0.465 e. The van der Waals surface area contributed by atoms with E-state index in [0.29, 0.717) is 32.4 Å². The summed E-state index contributed by atoms with van der Waals surface area (Å²) in [6.07, 6.45) is 6.63. The van der Waals surface area contributed by atoms with Crippen LogP contribution in [0.1, 0.15) is 66.7 Å². The fraction of sp³-hybridized carbons (Fsp3) is 0.759. The summed E-state index contributed by atoms with van der Waals surface area (Å²) in [5, 5.41) is 10.4. The van der Waals surface area contributed by atoms with Gasteiger partial charge in [0.2, 0.25) is 11.8 Å². The van der Waals surface area contributed by atoms with Crippen LogP contribution >= 0.6 is 0 Å². The first kappa shape index (κ1) is 29.4. The molecule has 37 heavy (non-hydrogen) atoms. The molecule has 208 valence electrons. The van der Waals surface area contributed by atoms with Gasteiger partial charge in [-0.25, -0.2) is 0 Å². The van der Waals surface area contributed by atoms with E-state index in [4.69, 9.17) is 9.47 Å². The van der Waals surface area contributed by atoms with Crippen LogP contribution in [0.2, 0.25) is 0 Å². The van der Waals surface area contributed by atoms with E-state index in [9.17, 15) is 19.5 Å². The molecule has 3 unspecified atom stereocenters. The van der Waals surface area contributed by atoms with Crippen molar-refractivity contribution in [3.05, 3.63) is 25.3 Å². The van der Waals surface area contributed by atoms with Gasteiger partial charge in [0.1, 0.15) is 17.6 Å². The number of amides is 2. The molecule has 2 bridgehead atoms. The molecule has 3 aliphatic rings. The lowest BCUT2D eigenvalue weighted by atomic mass is 9.62. The summed E-state index contributed by atoms with van der Waals surface area (Å²) >= 11 is 0. The predicted molar refractivity (Wildman–Crippen MR) is 141 cm³/mol. The first-order valence-corrected chi connectivity index (χ1v) is 13.8. The van der Waals surface area contributed by atoms with Gasteiger partial charge in [-0.05, 0) is 44.4 Å². The summed E-state index contributed by atoms with van der Waals surface area (Å²) in [5.74, 6) is -2.51. The molecular weight excluding hydrogens is 472 g/mol. The molecule has 8 heteroatoms. The third-order valence-corrected chi connectivity index (χ3v) is 8.60. The number of aliphatic hydroxyl groups excluding tert-OH is 1. The number of fused-ring (bicyclic) bond motifs is 1. The molecule has 0 radical (unpaired) electrons. The molecule has 3 saturated heterocycles. The van der Waals surface area contributed by atoms with E-state index >= 15 is 0 Å². The second-order valence-corrected chi connectivity index (χ2v) is 11.6. The third kappa shape index (κ3) is 4.99. The number of nitrogens with zero attached hydrogens (tertiary/aromatic N) is 2. The summed E-state index contributed by atoms with van der Waals surface area (Å²) in [5.41, 5.74) is -2.07. The second-order valence-electron chi connectivity index (χ2n) is 11.6. The van der Waals surface area contributed by atoms with Crippen molar-refractivity contribution in [2.75, 3.05) is 26.3 Å². The van der Waals surface area contributed by atoms with Gasteiger partial charge in [-0.15, -0.1) is 13.2 Å². The van der Waals surface area contributed by atoms with Crippen LogP contribution in [0.4, 0.5) is 0 Å². The van der Waals surface area contributed by atoms with E-state index in [-0.39, 0.29) is 36.9 Å². The highest BCUT2D eigenvalue weighted by Crippen LogP contribution is 2.65. The van der Waals surface area contributed by atoms with Crippen molar-refractivity contribution in [1.82, 2.24) is 9.80 Å². The van der Waals surface area contributed by atoms with Crippen LogP contribution in [-0.2, 0) is 23.9 Å². The molecule has 3 aliphatic heterocycles. The second kappa shape index (κ2) is 11.7. The largest absolute Gasteiger partial charge is 0.465 e. The van der Waals surface area contributed by atoms with Crippen molar-refractivity contribution in [1.29, 1.82) is 0 Å². The Morgan fingerprint density at radius 3 is 2.59 bits per heavy atom. The molecule has 0 aromatic heterocycles. The van der Waals surface area contributed by atoms with Gasteiger partial charge in [0.05, 0.1) is 30.8 Å². The molecule has 3 fully saturated rings. The Labute approximate surface area is 222 Å². The Bertz CT molecular complexity index is 890. The smallest absolute Gasteiger partial charge is 0.312 e. The normalized spacial score (nSPS) is 32.9. The van der Waals surface area contributed by atoms with Gasteiger partial charge in [-0.1, -0.05) is 46.3 Å². The molecule has 3 heterocycles. The molecule has 2 amide bonds. The van der Waals surface area contributed by atoms with Gasteiger partial charge in [-0.2, -0.15) is 0 Å². The molecule has 0 aromatic rings. The van der Waals surface area contributed by atoms with Crippen molar-refractivity contribution in [2.24, 2.45) is 23.7 Å². The topological polar surface area (TPSA) is 96.4 Å². The summed E-state index contributed by atoms with van der Waals surface area (Å²) in [6.45, 7) is 18.3. The van der Waals surface area contributed by atoms with Gasteiger partial charge in [0, 0.05) is 13.1 Å². The maximum absolute atomic E-state index is 14.3. The molecule has 8 nitrogen and oxygen atoms in total. The number of aliphatic hydroxyl groups is 1. The fourth-order valence-electron chi connectivity index (χ4n) is 6.83. The molecular formula is C29H46N2O6. The summed E-state index contributed by atoms with van der Waals surface area (Å²) in [6, 6.07) is -1.48. The standard InChI is InChI=1S/C29H46N2O6/c1-8-11-14-30(13-10-3)26(34)24-29-17-20(6)28(7,37-29)23(27(35)36-15-12-9-2)22(29)25(33)31(24)21(18-32)16-19(4)5/h9-10,19-24,32H,2-3,8,11-18H2,1,4-7H3/t20?,21-,22+,23-,24?,28+,29?/m1/s1. The molecule has 0 saturated carbocycles. The quantitative estimate of drug-likeness (QED) is 0.215. The van der Waals surface area contributed by atoms with Gasteiger partial charge in [0.25, 0.3) is 0 Å². The number of esters is 1. The SMILES string of the molecule is C=CCCOC(=O)[C@H]1[C@H]2C(=O)N([C@@H](CO)CC(C)C)C(C(=O)N(CC=C)CCCC)C23CC(C)[C@]1(C)O3. The lowest BCUT2D eigenvalue weighted by molar-refractivity contribution is -0.163. The number of carbonyl (C=O) groups excluding carboxylic acids is 3. The van der Waals surface area contributed by atoms with Gasteiger partial charge >= 0.3 is 5.97 Å². The number of likely N-dealkylation sites (tertiary alicyclic amines) is 1. The fourth-order valence-corrected chi connectivity index (χ4v) is 6.83. The van der Waals surface area contributed by atoms with Crippen molar-refractivity contribution < 1.29 is 29.0 Å². The van der Waals surface area contributed by atoms with Crippen LogP contribution in [0.15, 0.2) is 25.3 Å². The molecule has 7 atom stereocenters. The van der Waals surface area contributed by atoms with Crippen LogP contribution in [-0.4, -0.2) is 82.3 Å². The van der Waals surface area contributed by atoms with E-state index in [1.807, 2.05) is 27.7 Å². The van der Waals surface area contributed by atoms with Crippen molar-refractivity contribution in [3.8, 4) is 0 Å². The average molecular weight is 519 g/mol. The Balaban J connectivity index is 2.12. The number of ether oxygens (including phenoxy) is 2. The molecule has 0 aromatic carbocycles. The first-order valence-electron chi connectivity index (χ1n) is 13.8. The Morgan fingerprint density at radius 2 is 2.03 bits per heavy atom.